The maximum atomic E-state index is 12.1. The van der Waals surface area contributed by atoms with Gasteiger partial charge in [-0.3, -0.25) is 9.78 Å². The summed E-state index contributed by atoms with van der Waals surface area (Å²) in [4.78, 5) is 31.2. The topological polar surface area (TPSA) is 83.0 Å². The van der Waals surface area contributed by atoms with Crippen LogP contribution in [0, 0.1) is 0 Å². The van der Waals surface area contributed by atoms with E-state index in [1.165, 1.54) is 0 Å². The first-order valence-electron chi connectivity index (χ1n) is 6.70. The van der Waals surface area contributed by atoms with Crippen LogP contribution in [0.5, 0.6) is 0 Å². The summed E-state index contributed by atoms with van der Waals surface area (Å²) in [6.45, 7) is 0.857. The van der Waals surface area contributed by atoms with Crippen LogP contribution in [-0.4, -0.2) is 71.7 Å². The lowest BCUT2D eigenvalue weighted by atomic mass is 10.0. The zero-order chi connectivity index (χ0) is 15.4. The zero-order valence-electron chi connectivity index (χ0n) is 12.1. The molecule has 1 aromatic heterocycles. The smallest absolute Gasteiger partial charge is 0.335 e. The van der Waals surface area contributed by atoms with E-state index in [1.807, 2.05) is 19.0 Å². The van der Waals surface area contributed by atoms with Crippen molar-refractivity contribution >= 4 is 11.9 Å². The average Bonchev–Trinajstić information content (AvgIpc) is 2.46. The molecular formula is C14H19N3O4. The number of ether oxygens (including phenoxy) is 1. The second-order valence-corrected chi connectivity index (χ2v) is 5.16. The number of carbonyl (C=O) groups is 2. The summed E-state index contributed by atoms with van der Waals surface area (Å²) in [5.74, 6) is -1.31. The highest BCUT2D eigenvalue weighted by atomic mass is 16.5. The molecule has 114 valence electrons. The second kappa shape index (κ2) is 6.64. The van der Waals surface area contributed by atoms with Crippen molar-refractivity contribution < 1.29 is 19.4 Å². The summed E-state index contributed by atoms with van der Waals surface area (Å²) in [6.07, 6.45) is 0.483. The minimum atomic E-state index is -1.10. The molecule has 2 atom stereocenters. The van der Waals surface area contributed by atoms with Gasteiger partial charge < -0.3 is 19.6 Å². The van der Waals surface area contributed by atoms with E-state index >= 15 is 0 Å². The first-order valence-corrected chi connectivity index (χ1v) is 6.70. The molecule has 2 heterocycles. The van der Waals surface area contributed by atoms with E-state index in [4.69, 9.17) is 4.74 Å². The molecule has 1 N–H and O–H groups in total. The van der Waals surface area contributed by atoms with Crippen LogP contribution in [0.1, 0.15) is 11.7 Å². The van der Waals surface area contributed by atoms with E-state index in [1.54, 1.807) is 29.3 Å². The molecule has 1 aliphatic heterocycles. The van der Waals surface area contributed by atoms with Gasteiger partial charge in [0.15, 0.2) is 6.10 Å². The van der Waals surface area contributed by atoms with Crippen molar-refractivity contribution in [3.05, 3.63) is 30.1 Å². The van der Waals surface area contributed by atoms with Crippen LogP contribution in [0.25, 0.3) is 0 Å². The Morgan fingerprint density at radius 2 is 2.29 bits per heavy atom. The summed E-state index contributed by atoms with van der Waals surface area (Å²) >= 11 is 0. The molecule has 1 aliphatic rings. The Hall–Kier alpha value is -1.99. The summed E-state index contributed by atoms with van der Waals surface area (Å²) in [7, 11) is 3.80. The van der Waals surface area contributed by atoms with Crippen LogP contribution in [-0.2, 0) is 14.3 Å². The highest BCUT2D eigenvalue weighted by Gasteiger charge is 2.42. The fraction of sp³-hybridized carbons (Fsp3) is 0.500. The number of aromatic nitrogens is 1. The lowest BCUT2D eigenvalue weighted by Crippen LogP contribution is -2.53. The van der Waals surface area contributed by atoms with E-state index in [0.717, 1.165) is 0 Å². The van der Waals surface area contributed by atoms with Gasteiger partial charge in [-0.2, -0.15) is 0 Å². The SMILES string of the molecule is CN(C)CCN1C(=O)COC(C(=O)O)C1c1ccccn1. The zero-order valence-corrected chi connectivity index (χ0v) is 12.1. The number of amides is 1. The van der Waals surface area contributed by atoms with Crippen molar-refractivity contribution in [3.8, 4) is 0 Å². The van der Waals surface area contributed by atoms with Gasteiger partial charge in [0.2, 0.25) is 5.91 Å². The highest BCUT2D eigenvalue weighted by Crippen LogP contribution is 2.28. The van der Waals surface area contributed by atoms with Gasteiger partial charge in [0.25, 0.3) is 0 Å². The molecular weight excluding hydrogens is 274 g/mol. The Labute approximate surface area is 123 Å². The van der Waals surface area contributed by atoms with E-state index in [0.29, 0.717) is 18.8 Å². The molecule has 2 rings (SSSR count). The third-order valence-corrected chi connectivity index (χ3v) is 3.35. The minimum absolute atomic E-state index is 0.215. The number of carboxylic acids is 1. The number of hydrogen-bond donors (Lipinski definition) is 1. The van der Waals surface area contributed by atoms with Gasteiger partial charge in [0, 0.05) is 19.3 Å². The lowest BCUT2D eigenvalue weighted by Gasteiger charge is -2.39. The number of nitrogens with zero attached hydrogens (tertiary/aromatic N) is 3. The third-order valence-electron chi connectivity index (χ3n) is 3.35. The van der Waals surface area contributed by atoms with Gasteiger partial charge in [0.1, 0.15) is 12.6 Å². The van der Waals surface area contributed by atoms with Crippen LogP contribution in [0.2, 0.25) is 0 Å². The molecule has 1 fully saturated rings. The fourth-order valence-electron chi connectivity index (χ4n) is 2.30. The van der Waals surface area contributed by atoms with Gasteiger partial charge in [-0.25, -0.2) is 4.79 Å². The lowest BCUT2D eigenvalue weighted by molar-refractivity contribution is -0.173. The molecule has 1 saturated heterocycles. The maximum absolute atomic E-state index is 12.1. The monoisotopic (exact) mass is 293 g/mol. The molecule has 21 heavy (non-hydrogen) atoms. The molecule has 7 heteroatoms. The molecule has 0 aromatic carbocycles. The number of carboxylic acid groups (broad SMARTS) is 1. The Morgan fingerprint density at radius 1 is 1.52 bits per heavy atom. The summed E-state index contributed by atoms with van der Waals surface area (Å²) in [6, 6.07) is 4.52. The molecule has 0 spiro atoms. The molecule has 0 bridgehead atoms. The van der Waals surface area contributed by atoms with Crippen LogP contribution in [0.15, 0.2) is 24.4 Å². The van der Waals surface area contributed by atoms with Gasteiger partial charge in [-0.1, -0.05) is 6.07 Å². The summed E-state index contributed by atoms with van der Waals surface area (Å²) in [5.41, 5.74) is 0.525. The van der Waals surface area contributed by atoms with E-state index < -0.39 is 18.1 Å². The van der Waals surface area contributed by atoms with Gasteiger partial charge in [-0.05, 0) is 26.2 Å². The molecule has 0 aliphatic carbocycles. The number of likely N-dealkylation sites (N-methyl/N-ethyl adjacent to an activating group) is 1. The second-order valence-electron chi connectivity index (χ2n) is 5.16. The van der Waals surface area contributed by atoms with E-state index in [2.05, 4.69) is 4.98 Å². The van der Waals surface area contributed by atoms with Crippen LogP contribution >= 0.6 is 0 Å². The maximum Gasteiger partial charge on any atom is 0.335 e. The van der Waals surface area contributed by atoms with Crippen molar-refractivity contribution in [2.24, 2.45) is 0 Å². The first-order chi connectivity index (χ1) is 10.0. The number of hydrogen-bond acceptors (Lipinski definition) is 5. The van der Waals surface area contributed by atoms with Crippen LogP contribution in [0.4, 0.5) is 0 Å². The van der Waals surface area contributed by atoms with Crippen molar-refractivity contribution in [1.29, 1.82) is 0 Å². The van der Waals surface area contributed by atoms with Crippen molar-refractivity contribution in [2.75, 3.05) is 33.8 Å². The van der Waals surface area contributed by atoms with E-state index in [9.17, 15) is 14.7 Å². The Bertz CT molecular complexity index is 506. The van der Waals surface area contributed by atoms with Gasteiger partial charge in [0.05, 0.1) is 5.69 Å². The Morgan fingerprint density at radius 3 is 2.86 bits per heavy atom. The van der Waals surface area contributed by atoms with Crippen molar-refractivity contribution in [3.63, 3.8) is 0 Å². The average molecular weight is 293 g/mol. The normalized spacial score (nSPS) is 22.6. The van der Waals surface area contributed by atoms with Crippen LogP contribution < -0.4 is 0 Å². The molecule has 0 radical (unpaired) electrons. The third kappa shape index (κ3) is 3.56. The Balaban J connectivity index is 2.32. The van der Waals surface area contributed by atoms with Crippen molar-refractivity contribution in [2.45, 2.75) is 12.1 Å². The molecule has 0 saturated carbocycles. The summed E-state index contributed by atoms with van der Waals surface area (Å²) in [5, 5.41) is 9.35. The highest BCUT2D eigenvalue weighted by molar-refractivity contribution is 5.82. The predicted molar refractivity (Wildman–Crippen MR) is 74.6 cm³/mol. The number of carbonyl (C=O) groups excluding carboxylic acids is 1. The quantitative estimate of drug-likeness (QED) is 0.822. The number of aliphatic carboxylic acids is 1. The molecule has 7 nitrogen and oxygen atoms in total. The largest absolute Gasteiger partial charge is 0.479 e. The molecule has 1 aromatic rings. The van der Waals surface area contributed by atoms with Gasteiger partial charge >= 0.3 is 5.97 Å². The summed E-state index contributed by atoms with van der Waals surface area (Å²) < 4.78 is 5.21. The number of pyridine rings is 1. The fourth-order valence-corrected chi connectivity index (χ4v) is 2.30. The predicted octanol–water partition coefficient (Wildman–Crippen LogP) is -0.00370. The van der Waals surface area contributed by atoms with Gasteiger partial charge in [-0.15, -0.1) is 0 Å². The Kier molecular flexibility index (Phi) is 4.87. The van der Waals surface area contributed by atoms with E-state index in [-0.39, 0.29) is 12.5 Å². The molecule has 1 amide bonds. The molecule has 2 unspecified atom stereocenters. The van der Waals surface area contributed by atoms with Crippen molar-refractivity contribution in [1.82, 2.24) is 14.8 Å². The standard InChI is InChI=1S/C14H19N3O4/c1-16(2)7-8-17-11(18)9-21-13(14(19)20)12(17)10-5-3-4-6-15-10/h3-6,12-13H,7-9H2,1-2H3,(H,19,20). The minimum Gasteiger partial charge on any atom is -0.479 e. The number of morpholine rings is 1. The van der Waals surface area contributed by atoms with Crippen LogP contribution in [0.3, 0.4) is 0 Å². The first kappa shape index (κ1) is 15.4. The number of rotatable bonds is 5.